The summed E-state index contributed by atoms with van der Waals surface area (Å²) < 4.78 is 0. The lowest BCUT2D eigenvalue weighted by molar-refractivity contribution is 0.351. The molecule has 0 aromatic rings. The minimum Gasteiger partial charge on any atom is -0.312 e. The molecule has 0 spiro atoms. The van der Waals surface area contributed by atoms with Crippen LogP contribution in [0.4, 0.5) is 0 Å². The van der Waals surface area contributed by atoms with Crippen LogP contribution in [0.25, 0.3) is 0 Å². The molecular formula is C15H28N2. The maximum Gasteiger partial charge on any atom is 0.0394 e. The average molecular weight is 236 g/mol. The summed E-state index contributed by atoms with van der Waals surface area (Å²) in [6.07, 6.45) is 14.4. The van der Waals surface area contributed by atoms with Crippen LogP contribution >= 0.6 is 0 Å². The Balaban J connectivity index is 2.46. The van der Waals surface area contributed by atoms with Gasteiger partial charge in [-0.2, -0.15) is 0 Å². The number of nitrogens with zero attached hydrogens (tertiary/aromatic N) is 1. The predicted molar refractivity (Wildman–Crippen MR) is 76.9 cm³/mol. The molecule has 0 bridgehead atoms. The second-order valence-electron chi connectivity index (χ2n) is 5.35. The molecule has 17 heavy (non-hydrogen) atoms. The van der Waals surface area contributed by atoms with Crippen molar-refractivity contribution in [3.63, 3.8) is 0 Å². The molecule has 2 nitrogen and oxygen atoms in total. The van der Waals surface area contributed by atoms with Crippen molar-refractivity contribution in [2.45, 2.75) is 52.4 Å². The van der Waals surface area contributed by atoms with E-state index in [4.69, 9.17) is 0 Å². The third kappa shape index (κ3) is 6.62. The first-order valence-corrected chi connectivity index (χ1v) is 7.13. The van der Waals surface area contributed by atoms with Gasteiger partial charge in [0.15, 0.2) is 0 Å². The van der Waals surface area contributed by atoms with E-state index in [-0.39, 0.29) is 0 Å². The second kappa shape index (κ2) is 8.46. The van der Waals surface area contributed by atoms with Gasteiger partial charge < -0.3 is 5.32 Å². The van der Waals surface area contributed by atoms with Gasteiger partial charge in [0, 0.05) is 19.3 Å². The normalized spacial score (nSPS) is 27.4. The zero-order chi connectivity index (χ0) is 12.4. The van der Waals surface area contributed by atoms with Crippen LogP contribution < -0.4 is 5.32 Å². The number of rotatable bonds is 4. The maximum atomic E-state index is 4.45. The molecule has 0 amide bonds. The Kier molecular flexibility index (Phi) is 7.18. The molecule has 1 atom stereocenters. The van der Waals surface area contributed by atoms with Gasteiger partial charge in [0.25, 0.3) is 0 Å². The van der Waals surface area contributed by atoms with Gasteiger partial charge >= 0.3 is 0 Å². The van der Waals surface area contributed by atoms with Gasteiger partial charge in [0.2, 0.25) is 0 Å². The minimum absolute atomic E-state index is 0.351. The highest BCUT2D eigenvalue weighted by atomic mass is 14.9. The molecule has 1 aliphatic heterocycles. The smallest absolute Gasteiger partial charge is 0.0394 e. The Morgan fingerprint density at radius 1 is 1.41 bits per heavy atom. The number of nitrogens with one attached hydrogen (secondary N) is 1. The van der Waals surface area contributed by atoms with E-state index in [1.54, 1.807) is 0 Å². The standard InChI is InChI=1S/C15H28N2/c1-3-4-5-6-8-15(2)9-7-11-16-13-14-17-12-10-15/h6,8,14,16H,3-5,7,9-13H2,1-2H3. The Bertz CT molecular complexity index is 245. The van der Waals surface area contributed by atoms with Crippen LogP contribution in [0.5, 0.6) is 0 Å². The number of hydrogen-bond acceptors (Lipinski definition) is 2. The van der Waals surface area contributed by atoms with E-state index in [1.165, 1.54) is 38.5 Å². The average Bonchev–Trinajstić information content (AvgIpc) is 2.33. The third-order valence-electron chi connectivity index (χ3n) is 3.52. The fourth-order valence-electron chi connectivity index (χ4n) is 2.24. The number of unbranched alkanes of at least 4 members (excludes halogenated alkanes) is 2. The summed E-state index contributed by atoms with van der Waals surface area (Å²) >= 11 is 0. The van der Waals surface area contributed by atoms with Crippen LogP contribution in [0.1, 0.15) is 52.4 Å². The number of hydrogen-bond donors (Lipinski definition) is 1. The molecule has 0 fully saturated rings. The first-order chi connectivity index (χ1) is 8.27. The molecule has 1 unspecified atom stereocenters. The van der Waals surface area contributed by atoms with Crippen molar-refractivity contribution in [3.05, 3.63) is 12.2 Å². The van der Waals surface area contributed by atoms with E-state index in [2.05, 4.69) is 36.3 Å². The van der Waals surface area contributed by atoms with Gasteiger partial charge in [-0.25, -0.2) is 0 Å². The largest absolute Gasteiger partial charge is 0.312 e. The molecule has 0 aromatic heterocycles. The fourth-order valence-corrected chi connectivity index (χ4v) is 2.24. The summed E-state index contributed by atoms with van der Waals surface area (Å²) in [6.45, 7) is 7.65. The second-order valence-corrected chi connectivity index (χ2v) is 5.35. The van der Waals surface area contributed by atoms with E-state index >= 15 is 0 Å². The molecule has 2 heteroatoms. The van der Waals surface area contributed by atoms with Gasteiger partial charge in [-0.15, -0.1) is 0 Å². The van der Waals surface area contributed by atoms with Crippen LogP contribution in [0.3, 0.4) is 0 Å². The number of allylic oxidation sites excluding steroid dienone is 2. The Morgan fingerprint density at radius 3 is 3.12 bits per heavy atom. The molecule has 0 aromatic carbocycles. The summed E-state index contributed by atoms with van der Waals surface area (Å²) in [6, 6.07) is 0. The molecule has 0 saturated heterocycles. The molecule has 0 radical (unpaired) electrons. The minimum atomic E-state index is 0.351. The summed E-state index contributed by atoms with van der Waals surface area (Å²) in [5, 5.41) is 3.40. The van der Waals surface area contributed by atoms with Crippen LogP contribution in [0, 0.1) is 5.41 Å². The fraction of sp³-hybridized carbons (Fsp3) is 0.800. The van der Waals surface area contributed by atoms with E-state index in [1.807, 2.05) is 6.21 Å². The van der Waals surface area contributed by atoms with E-state index in [0.717, 1.165) is 19.6 Å². The van der Waals surface area contributed by atoms with Crippen LogP contribution in [-0.2, 0) is 0 Å². The van der Waals surface area contributed by atoms with Gasteiger partial charge in [0.1, 0.15) is 0 Å². The Labute approximate surface area is 107 Å². The van der Waals surface area contributed by atoms with Crippen molar-refractivity contribution < 1.29 is 0 Å². The lowest BCUT2D eigenvalue weighted by atomic mass is 9.81. The lowest BCUT2D eigenvalue weighted by Gasteiger charge is -2.26. The van der Waals surface area contributed by atoms with Crippen molar-refractivity contribution in [3.8, 4) is 0 Å². The summed E-state index contributed by atoms with van der Waals surface area (Å²) in [5.74, 6) is 0. The molecule has 1 heterocycles. The van der Waals surface area contributed by atoms with Crippen LogP contribution in [0.2, 0.25) is 0 Å². The first kappa shape index (κ1) is 14.4. The summed E-state index contributed by atoms with van der Waals surface area (Å²) in [4.78, 5) is 4.45. The lowest BCUT2D eigenvalue weighted by Crippen LogP contribution is -2.23. The topological polar surface area (TPSA) is 24.4 Å². The van der Waals surface area contributed by atoms with E-state index in [9.17, 15) is 0 Å². The van der Waals surface area contributed by atoms with Crippen molar-refractivity contribution in [1.29, 1.82) is 0 Å². The first-order valence-electron chi connectivity index (χ1n) is 7.13. The van der Waals surface area contributed by atoms with Crippen LogP contribution in [0.15, 0.2) is 17.1 Å². The monoisotopic (exact) mass is 236 g/mol. The zero-order valence-corrected chi connectivity index (χ0v) is 11.5. The quantitative estimate of drug-likeness (QED) is 0.585. The molecule has 98 valence electrons. The molecule has 0 aliphatic carbocycles. The van der Waals surface area contributed by atoms with Crippen molar-refractivity contribution in [2.75, 3.05) is 19.6 Å². The van der Waals surface area contributed by atoms with Gasteiger partial charge in [0.05, 0.1) is 0 Å². The Hall–Kier alpha value is -0.630. The molecule has 1 N–H and O–H groups in total. The highest BCUT2D eigenvalue weighted by Crippen LogP contribution is 2.29. The van der Waals surface area contributed by atoms with Crippen molar-refractivity contribution >= 4 is 6.21 Å². The molecule has 1 aliphatic rings. The van der Waals surface area contributed by atoms with Gasteiger partial charge in [-0.1, -0.05) is 38.8 Å². The van der Waals surface area contributed by atoms with Gasteiger partial charge in [-0.05, 0) is 37.6 Å². The number of aliphatic imine (C=N–C) groups is 1. The van der Waals surface area contributed by atoms with E-state index in [0.29, 0.717) is 5.41 Å². The van der Waals surface area contributed by atoms with Crippen LogP contribution in [-0.4, -0.2) is 25.8 Å². The summed E-state index contributed by atoms with van der Waals surface area (Å²) in [5.41, 5.74) is 0.351. The van der Waals surface area contributed by atoms with E-state index < -0.39 is 0 Å². The van der Waals surface area contributed by atoms with Crippen molar-refractivity contribution in [2.24, 2.45) is 10.4 Å². The third-order valence-corrected chi connectivity index (χ3v) is 3.52. The molecule has 1 rings (SSSR count). The zero-order valence-electron chi connectivity index (χ0n) is 11.5. The molecule has 0 saturated carbocycles. The molecular weight excluding hydrogens is 208 g/mol. The highest BCUT2D eigenvalue weighted by Gasteiger charge is 2.19. The highest BCUT2D eigenvalue weighted by molar-refractivity contribution is 5.59. The SMILES string of the molecule is CCCCC=CC1(C)CCCNCC=NCC1. The predicted octanol–water partition coefficient (Wildman–Crippen LogP) is 3.58. The van der Waals surface area contributed by atoms with Gasteiger partial charge in [-0.3, -0.25) is 4.99 Å². The Morgan fingerprint density at radius 2 is 2.29 bits per heavy atom. The maximum absolute atomic E-state index is 4.45. The summed E-state index contributed by atoms with van der Waals surface area (Å²) in [7, 11) is 0. The van der Waals surface area contributed by atoms with Crippen molar-refractivity contribution in [1.82, 2.24) is 5.32 Å².